The van der Waals surface area contributed by atoms with Gasteiger partial charge in [-0.25, -0.2) is 9.97 Å². The van der Waals surface area contributed by atoms with E-state index in [1.807, 2.05) is 26.0 Å². The van der Waals surface area contributed by atoms with Gasteiger partial charge in [-0.05, 0) is 60.4 Å². The smallest absolute Gasteiger partial charge is 0.179 e. The van der Waals surface area contributed by atoms with Gasteiger partial charge in [0.05, 0.1) is 0 Å². The van der Waals surface area contributed by atoms with Crippen LogP contribution in [0.2, 0.25) is 0 Å². The lowest BCUT2D eigenvalue weighted by molar-refractivity contribution is 0.587. The number of nitrogens with one attached hydrogen (secondary N) is 1. The van der Waals surface area contributed by atoms with Crippen LogP contribution in [0.5, 0.6) is 0 Å². The van der Waals surface area contributed by atoms with Gasteiger partial charge in [0.1, 0.15) is 5.69 Å². The lowest BCUT2D eigenvalue weighted by Gasteiger charge is -2.13. The molecular weight excluding hydrogens is 328 g/mol. The molecule has 0 amide bonds. The number of aromatic nitrogens is 3. The minimum atomic E-state index is 0.496. The summed E-state index contributed by atoms with van der Waals surface area (Å²) < 4.78 is 0.915. The molecule has 0 spiro atoms. The van der Waals surface area contributed by atoms with E-state index in [2.05, 4.69) is 50.0 Å². The summed E-state index contributed by atoms with van der Waals surface area (Å²) >= 11 is 3.51. The Morgan fingerprint density at radius 2 is 1.86 bits per heavy atom. The average molecular weight is 349 g/mol. The van der Waals surface area contributed by atoms with E-state index in [0.717, 1.165) is 34.5 Å². The van der Waals surface area contributed by atoms with Gasteiger partial charge >= 0.3 is 0 Å². The number of nitrogens with zero attached hydrogens (tertiary/aromatic N) is 3. The van der Waals surface area contributed by atoms with E-state index in [1.54, 1.807) is 6.20 Å². The molecule has 0 aliphatic heterocycles. The standard InChI is InChI=1S/C16H21BrN4/c1-10(2)18-9-7-13-11(3)20-16(21-12(13)4)15-14(17)6-5-8-19-15/h5-6,8,10,18H,7,9H2,1-4H3. The number of hydrogen-bond donors (Lipinski definition) is 1. The zero-order valence-corrected chi connectivity index (χ0v) is 14.5. The zero-order valence-electron chi connectivity index (χ0n) is 12.9. The second-order valence-corrected chi connectivity index (χ2v) is 6.24. The maximum Gasteiger partial charge on any atom is 0.179 e. The van der Waals surface area contributed by atoms with Crippen LogP contribution in [-0.2, 0) is 6.42 Å². The fourth-order valence-electron chi connectivity index (χ4n) is 2.24. The molecular formula is C16H21BrN4. The van der Waals surface area contributed by atoms with E-state index in [4.69, 9.17) is 0 Å². The van der Waals surface area contributed by atoms with Crippen molar-refractivity contribution in [1.82, 2.24) is 20.3 Å². The largest absolute Gasteiger partial charge is 0.314 e. The molecule has 0 bridgehead atoms. The van der Waals surface area contributed by atoms with Crippen LogP contribution in [0.1, 0.15) is 30.8 Å². The first kappa shape index (κ1) is 16.0. The lowest BCUT2D eigenvalue weighted by Crippen LogP contribution is -2.25. The van der Waals surface area contributed by atoms with Crippen molar-refractivity contribution in [3.63, 3.8) is 0 Å². The highest BCUT2D eigenvalue weighted by Crippen LogP contribution is 2.24. The first-order valence-electron chi connectivity index (χ1n) is 7.17. The normalized spacial score (nSPS) is 11.1. The van der Waals surface area contributed by atoms with Gasteiger partial charge in [0.2, 0.25) is 0 Å². The molecule has 2 rings (SSSR count). The molecule has 0 aromatic carbocycles. The summed E-state index contributed by atoms with van der Waals surface area (Å²) in [5, 5.41) is 3.43. The van der Waals surface area contributed by atoms with Crippen LogP contribution >= 0.6 is 15.9 Å². The molecule has 112 valence electrons. The van der Waals surface area contributed by atoms with Crippen molar-refractivity contribution >= 4 is 15.9 Å². The Hall–Kier alpha value is -1.33. The van der Waals surface area contributed by atoms with Crippen molar-refractivity contribution in [1.29, 1.82) is 0 Å². The van der Waals surface area contributed by atoms with Crippen molar-refractivity contribution in [2.75, 3.05) is 6.54 Å². The van der Waals surface area contributed by atoms with Gasteiger partial charge in [0.15, 0.2) is 5.82 Å². The molecule has 0 radical (unpaired) electrons. The first-order chi connectivity index (χ1) is 9.99. The highest BCUT2D eigenvalue weighted by molar-refractivity contribution is 9.10. The molecule has 2 aromatic rings. The van der Waals surface area contributed by atoms with Gasteiger partial charge in [0, 0.05) is 28.1 Å². The van der Waals surface area contributed by atoms with Crippen molar-refractivity contribution in [3.05, 3.63) is 39.8 Å². The fourth-order valence-corrected chi connectivity index (χ4v) is 2.68. The SMILES string of the molecule is Cc1nc(-c2ncccc2Br)nc(C)c1CCNC(C)C. The summed E-state index contributed by atoms with van der Waals surface area (Å²) in [4.78, 5) is 13.6. The van der Waals surface area contributed by atoms with E-state index in [1.165, 1.54) is 5.56 Å². The van der Waals surface area contributed by atoms with E-state index >= 15 is 0 Å². The molecule has 4 nitrogen and oxygen atoms in total. The molecule has 0 saturated heterocycles. The maximum atomic E-state index is 4.63. The number of pyridine rings is 1. The van der Waals surface area contributed by atoms with Gasteiger partial charge in [-0.2, -0.15) is 0 Å². The molecule has 1 N–H and O–H groups in total. The molecule has 21 heavy (non-hydrogen) atoms. The Morgan fingerprint density at radius 1 is 1.19 bits per heavy atom. The number of aryl methyl sites for hydroxylation is 2. The van der Waals surface area contributed by atoms with Gasteiger partial charge in [-0.15, -0.1) is 0 Å². The Morgan fingerprint density at radius 3 is 2.43 bits per heavy atom. The molecule has 2 aromatic heterocycles. The summed E-state index contributed by atoms with van der Waals surface area (Å²) in [6.45, 7) is 9.32. The molecule has 0 aliphatic carbocycles. The van der Waals surface area contributed by atoms with Gasteiger partial charge in [-0.3, -0.25) is 4.98 Å². The minimum absolute atomic E-state index is 0.496. The molecule has 0 unspecified atom stereocenters. The van der Waals surface area contributed by atoms with E-state index in [-0.39, 0.29) is 0 Å². The average Bonchev–Trinajstić information content (AvgIpc) is 2.42. The van der Waals surface area contributed by atoms with Crippen LogP contribution in [-0.4, -0.2) is 27.5 Å². The fraction of sp³-hybridized carbons (Fsp3) is 0.438. The highest BCUT2D eigenvalue weighted by atomic mass is 79.9. The second kappa shape index (κ2) is 7.09. The summed E-state index contributed by atoms with van der Waals surface area (Å²) in [5.74, 6) is 0.679. The summed E-state index contributed by atoms with van der Waals surface area (Å²) in [6.07, 6.45) is 2.70. The van der Waals surface area contributed by atoms with Crippen LogP contribution in [0.3, 0.4) is 0 Å². The number of halogens is 1. The number of hydrogen-bond acceptors (Lipinski definition) is 4. The van der Waals surface area contributed by atoms with Crippen LogP contribution in [0.15, 0.2) is 22.8 Å². The minimum Gasteiger partial charge on any atom is -0.314 e. The molecule has 5 heteroatoms. The quantitative estimate of drug-likeness (QED) is 0.898. The molecule has 0 fully saturated rings. The second-order valence-electron chi connectivity index (χ2n) is 5.39. The predicted octanol–water partition coefficient (Wildman–Crippen LogP) is 3.46. The van der Waals surface area contributed by atoms with Gasteiger partial charge in [0.25, 0.3) is 0 Å². The molecule has 0 saturated carbocycles. The van der Waals surface area contributed by atoms with Crippen LogP contribution in [0, 0.1) is 13.8 Å². The summed E-state index contributed by atoms with van der Waals surface area (Å²) in [6, 6.07) is 4.34. The van der Waals surface area contributed by atoms with Gasteiger partial charge < -0.3 is 5.32 Å². The molecule has 0 aliphatic rings. The maximum absolute atomic E-state index is 4.63. The van der Waals surface area contributed by atoms with E-state index in [9.17, 15) is 0 Å². The van der Waals surface area contributed by atoms with Gasteiger partial charge in [-0.1, -0.05) is 13.8 Å². The Labute approximate surface area is 134 Å². The number of rotatable bonds is 5. The third-order valence-corrected chi connectivity index (χ3v) is 3.96. The van der Waals surface area contributed by atoms with Crippen molar-refractivity contribution < 1.29 is 0 Å². The highest BCUT2D eigenvalue weighted by Gasteiger charge is 2.12. The van der Waals surface area contributed by atoms with E-state index < -0.39 is 0 Å². The third kappa shape index (κ3) is 4.08. The van der Waals surface area contributed by atoms with Crippen LogP contribution in [0.25, 0.3) is 11.5 Å². The molecule has 2 heterocycles. The van der Waals surface area contributed by atoms with Crippen LogP contribution in [0.4, 0.5) is 0 Å². The Kier molecular flexibility index (Phi) is 5.42. The third-order valence-electron chi connectivity index (χ3n) is 3.32. The predicted molar refractivity (Wildman–Crippen MR) is 89.3 cm³/mol. The first-order valence-corrected chi connectivity index (χ1v) is 7.96. The van der Waals surface area contributed by atoms with Crippen LogP contribution < -0.4 is 5.32 Å². The zero-order chi connectivity index (χ0) is 15.4. The Balaban J connectivity index is 2.27. The van der Waals surface area contributed by atoms with E-state index in [0.29, 0.717) is 11.9 Å². The van der Waals surface area contributed by atoms with Crippen molar-refractivity contribution in [2.45, 2.75) is 40.2 Å². The molecule has 0 atom stereocenters. The monoisotopic (exact) mass is 348 g/mol. The summed E-state index contributed by atoms with van der Waals surface area (Å²) in [7, 11) is 0. The topological polar surface area (TPSA) is 50.7 Å². The lowest BCUT2D eigenvalue weighted by atomic mass is 10.1. The Bertz CT molecular complexity index is 602. The van der Waals surface area contributed by atoms with Crippen molar-refractivity contribution in [2.24, 2.45) is 0 Å². The summed E-state index contributed by atoms with van der Waals surface area (Å²) in [5.41, 5.74) is 4.07. The van der Waals surface area contributed by atoms with Crippen molar-refractivity contribution in [3.8, 4) is 11.5 Å².